The second-order valence-electron chi connectivity index (χ2n) is 7.20. The van der Waals surface area contributed by atoms with Crippen LogP contribution < -0.4 is 10.6 Å². The Morgan fingerprint density at radius 1 is 0.912 bits per heavy atom. The average Bonchev–Trinajstić information content (AvgIpc) is 3.55. The first-order chi connectivity index (χ1) is 16.6. The lowest BCUT2D eigenvalue weighted by Crippen LogP contribution is -2.46. The number of ketones is 1. The lowest BCUT2D eigenvalue weighted by molar-refractivity contribution is 0.0528. The topological polar surface area (TPSA) is 84.5 Å². The van der Waals surface area contributed by atoms with E-state index in [1.807, 2.05) is 41.8 Å². The summed E-state index contributed by atoms with van der Waals surface area (Å²) in [4.78, 5) is 39.6. The number of amides is 1. The maximum atomic E-state index is 13.4. The van der Waals surface area contributed by atoms with Crippen molar-refractivity contribution in [3.8, 4) is 11.1 Å². The molecule has 0 saturated carbocycles. The van der Waals surface area contributed by atoms with Gasteiger partial charge in [-0.05, 0) is 23.9 Å². The van der Waals surface area contributed by atoms with Crippen molar-refractivity contribution in [2.75, 3.05) is 11.9 Å². The molecule has 0 aliphatic rings. The quantitative estimate of drug-likeness (QED) is 0.179. The number of hydrogen-bond acceptors (Lipinski definition) is 7. The molecule has 8 heteroatoms. The summed E-state index contributed by atoms with van der Waals surface area (Å²) in [7, 11) is 0. The molecule has 0 spiro atoms. The highest BCUT2D eigenvalue weighted by molar-refractivity contribution is 7.15. The van der Waals surface area contributed by atoms with Crippen LogP contribution in [-0.2, 0) is 4.74 Å². The number of rotatable bonds is 9. The number of carbonyl (C=O) groups is 3. The van der Waals surface area contributed by atoms with E-state index in [4.69, 9.17) is 4.74 Å². The minimum atomic E-state index is -1.09. The van der Waals surface area contributed by atoms with Crippen LogP contribution in [-0.4, -0.2) is 30.4 Å². The number of benzene rings is 2. The molecule has 2 heterocycles. The first kappa shape index (κ1) is 23.4. The van der Waals surface area contributed by atoms with Crippen LogP contribution in [0, 0.1) is 0 Å². The summed E-state index contributed by atoms with van der Waals surface area (Å²) in [5.74, 6) is -1.20. The van der Waals surface area contributed by atoms with Gasteiger partial charge in [-0.25, -0.2) is 4.79 Å². The second-order valence-corrected chi connectivity index (χ2v) is 9.03. The zero-order chi connectivity index (χ0) is 23.9. The molecule has 0 aliphatic carbocycles. The summed E-state index contributed by atoms with van der Waals surface area (Å²) in [6, 6.07) is 21.6. The molecule has 4 aromatic rings. The van der Waals surface area contributed by atoms with Gasteiger partial charge in [-0.2, -0.15) is 0 Å². The first-order valence-corrected chi connectivity index (χ1v) is 12.4. The largest absolute Gasteiger partial charge is 0.462 e. The lowest BCUT2D eigenvalue weighted by atomic mass is 10.0. The Balaban J connectivity index is 1.71. The summed E-state index contributed by atoms with van der Waals surface area (Å²) < 4.78 is 5.31. The average molecular weight is 491 g/mol. The Morgan fingerprint density at radius 2 is 1.62 bits per heavy atom. The fraction of sp³-hybridized carbons (Fsp3) is 0.115. The lowest BCUT2D eigenvalue weighted by Gasteiger charge is -2.20. The Morgan fingerprint density at radius 3 is 2.26 bits per heavy atom. The molecule has 0 unspecified atom stereocenters. The van der Waals surface area contributed by atoms with Crippen molar-refractivity contribution in [1.82, 2.24) is 5.32 Å². The zero-order valence-corrected chi connectivity index (χ0v) is 19.9. The third-order valence-electron chi connectivity index (χ3n) is 4.97. The van der Waals surface area contributed by atoms with Gasteiger partial charge < -0.3 is 15.4 Å². The standard InChI is InChI=1S/C26H22N2O4S2/c1-2-32-26(31)21-19(17-10-5-3-6-11-17)16-34-25(21)28-23(22(29)18-12-7-4-8-13-18)27-24(30)20-14-9-15-33-20/h3-16,23,28H,2H2,1H3,(H,27,30)/t23-/m0/s1. The second kappa shape index (κ2) is 10.9. The highest BCUT2D eigenvalue weighted by Crippen LogP contribution is 2.36. The minimum absolute atomic E-state index is 0.212. The molecule has 2 aromatic heterocycles. The molecule has 34 heavy (non-hydrogen) atoms. The summed E-state index contributed by atoms with van der Waals surface area (Å²) in [5.41, 5.74) is 2.31. The fourth-order valence-electron chi connectivity index (χ4n) is 3.38. The molecule has 6 nitrogen and oxygen atoms in total. The van der Waals surface area contributed by atoms with Gasteiger partial charge in [0.2, 0.25) is 5.78 Å². The predicted octanol–water partition coefficient (Wildman–Crippen LogP) is 5.70. The van der Waals surface area contributed by atoms with Gasteiger partial charge in [0.25, 0.3) is 5.91 Å². The van der Waals surface area contributed by atoms with E-state index in [1.54, 1.807) is 48.7 Å². The van der Waals surface area contributed by atoms with Gasteiger partial charge >= 0.3 is 5.97 Å². The summed E-state index contributed by atoms with van der Waals surface area (Å²) in [5, 5.41) is 9.97. The molecule has 0 radical (unpaired) electrons. The number of thiophene rings is 2. The Hall–Kier alpha value is -3.75. The number of esters is 1. The Labute approximate surface area is 205 Å². The maximum Gasteiger partial charge on any atom is 0.341 e. The van der Waals surface area contributed by atoms with Gasteiger partial charge in [-0.15, -0.1) is 22.7 Å². The monoisotopic (exact) mass is 490 g/mol. The molecular formula is C26H22N2O4S2. The number of anilines is 1. The van der Waals surface area contributed by atoms with E-state index >= 15 is 0 Å². The predicted molar refractivity (Wildman–Crippen MR) is 136 cm³/mol. The number of ether oxygens (including phenoxy) is 1. The minimum Gasteiger partial charge on any atom is -0.462 e. The molecule has 1 amide bonds. The Kier molecular flexibility index (Phi) is 7.51. The molecule has 0 aliphatic heterocycles. The van der Waals surface area contributed by atoms with Crippen molar-refractivity contribution in [1.29, 1.82) is 0 Å². The fourth-order valence-corrected chi connectivity index (χ4v) is 4.99. The van der Waals surface area contributed by atoms with Crippen LogP contribution in [0.1, 0.15) is 37.3 Å². The van der Waals surface area contributed by atoms with Crippen molar-refractivity contribution in [3.05, 3.63) is 99.6 Å². The van der Waals surface area contributed by atoms with Crippen LogP contribution in [0.5, 0.6) is 0 Å². The molecule has 0 saturated heterocycles. The van der Waals surface area contributed by atoms with E-state index in [1.165, 1.54) is 22.7 Å². The van der Waals surface area contributed by atoms with Crippen LogP contribution in [0.3, 0.4) is 0 Å². The van der Waals surface area contributed by atoms with E-state index in [0.717, 1.165) is 5.56 Å². The first-order valence-electron chi connectivity index (χ1n) is 10.6. The molecule has 0 fully saturated rings. The molecule has 1 atom stereocenters. The van der Waals surface area contributed by atoms with Gasteiger partial charge in [0.15, 0.2) is 6.17 Å². The molecule has 2 N–H and O–H groups in total. The van der Waals surface area contributed by atoms with Crippen LogP contribution in [0.15, 0.2) is 83.6 Å². The van der Waals surface area contributed by atoms with E-state index in [-0.39, 0.29) is 18.3 Å². The smallest absolute Gasteiger partial charge is 0.341 e. The van der Waals surface area contributed by atoms with E-state index in [9.17, 15) is 14.4 Å². The third kappa shape index (κ3) is 5.24. The number of carbonyl (C=O) groups excluding carboxylic acids is 3. The Bertz CT molecular complexity index is 1270. The summed E-state index contributed by atoms with van der Waals surface area (Å²) >= 11 is 2.56. The zero-order valence-electron chi connectivity index (χ0n) is 18.3. The van der Waals surface area contributed by atoms with Crippen molar-refractivity contribution < 1.29 is 19.1 Å². The maximum absolute atomic E-state index is 13.4. The third-order valence-corrected chi connectivity index (χ3v) is 6.75. The van der Waals surface area contributed by atoms with Crippen molar-refractivity contribution in [3.63, 3.8) is 0 Å². The molecule has 2 aromatic carbocycles. The van der Waals surface area contributed by atoms with Gasteiger partial charge in [0, 0.05) is 16.5 Å². The van der Waals surface area contributed by atoms with Crippen LogP contribution in [0.2, 0.25) is 0 Å². The van der Waals surface area contributed by atoms with Crippen molar-refractivity contribution in [2.45, 2.75) is 13.1 Å². The molecule has 4 rings (SSSR count). The van der Waals surface area contributed by atoms with Crippen LogP contribution >= 0.6 is 22.7 Å². The summed E-state index contributed by atoms with van der Waals surface area (Å²) in [6.07, 6.45) is -1.09. The number of hydrogen-bond donors (Lipinski definition) is 2. The molecular weight excluding hydrogens is 468 g/mol. The van der Waals surface area contributed by atoms with Gasteiger partial charge in [0.1, 0.15) is 10.6 Å². The van der Waals surface area contributed by atoms with E-state index < -0.39 is 12.1 Å². The molecule has 172 valence electrons. The van der Waals surface area contributed by atoms with Gasteiger partial charge in [-0.3, -0.25) is 9.59 Å². The van der Waals surface area contributed by atoms with Crippen molar-refractivity contribution in [2.24, 2.45) is 0 Å². The summed E-state index contributed by atoms with van der Waals surface area (Å²) in [6.45, 7) is 1.95. The van der Waals surface area contributed by atoms with E-state index in [0.29, 0.717) is 26.6 Å². The van der Waals surface area contributed by atoms with Crippen LogP contribution in [0.4, 0.5) is 5.00 Å². The number of nitrogens with one attached hydrogen (secondary N) is 2. The molecule has 0 bridgehead atoms. The van der Waals surface area contributed by atoms with Crippen LogP contribution in [0.25, 0.3) is 11.1 Å². The SMILES string of the molecule is CCOC(=O)c1c(-c2ccccc2)csc1N[C@H](NC(=O)c1cccs1)C(=O)c1ccccc1. The van der Waals surface area contributed by atoms with Crippen molar-refractivity contribution >= 4 is 45.3 Å². The highest BCUT2D eigenvalue weighted by Gasteiger charge is 2.28. The van der Waals surface area contributed by atoms with Gasteiger partial charge in [0.05, 0.1) is 11.5 Å². The van der Waals surface area contributed by atoms with Gasteiger partial charge in [-0.1, -0.05) is 66.7 Å². The van der Waals surface area contributed by atoms with E-state index in [2.05, 4.69) is 10.6 Å². The number of Topliss-reactive ketones (excluding diaryl/α,β-unsaturated/α-hetero) is 1. The normalized spacial score (nSPS) is 11.4. The highest BCUT2D eigenvalue weighted by atomic mass is 32.1.